The molecule has 0 amide bonds. The number of hydrogen-bond acceptors (Lipinski definition) is 4. The number of methoxy groups -OCH3 is 2. The van der Waals surface area contributed by atoms with Gasteiger partial charge in [0.15, 0.2) is 11.5 Å². The summed E-state index contributed by atoms with van der Waals surface area (Å²) >= 11 is 0. The smallest absolute Gasteiger partial charge is 0.311 e. The topological polar surface area (TPSA) is 65.0 Å². The lowest BCUT2D eigenvalue weighted by molar-refractivity contribution is -0.138. The molecule has 0 aliphatic heterocycles. The van der Waals surface area contributed by atoms with E-state index < -0.39 is 11.9 Å². The zero-order chi connectivity index (χ0) is 18.4. The van der Waals surface area contributed by atoms with Gasteiger partial charge in [0.1, 0.15) is 5.75 Å². The zero-order valence-corrected chi connectivity index (χ0v) is 15.0. The van der Waals surface area contributed by atoms with Gasteiger partial charge in [-0.25, -0.2) is 0 Å². The van der Waals surface area contributed by atoms with Crippen molar-refractivity contribution in [2.45, 2.75) is 26.2 Å². The normalized spacial score (nSPS) is 11.7. The molecule has 0 heterocycles. The van der Waals surface area contributed by atoms with Crippen LogP contribution < -0.4 is 14.2 Å². The van der Waals surface area contributed by atoms with Gasteiger partial charge in [0, 0.05) is 5.56 Å². The lowest BCUT2D eigenvalue weighted by Gasteiger charge is -2.18. The second-order valence-corrected chi connectivity index (χ2v) is 5.76. The van der Waals surface area contributed by atoms with E-state index >= 15 is 0 Å². The van der Waals surface area contributed by atoms with Crippen LogP contribution in [0.25, 0.3) is 0 Å². The molecule has 25 heavy (non-hydrogen) atoms. The molecule has 0 aromatic heterocycles. The molecule has 0 bridgehead atoms. The van der Waals surface area contributed by atoms with E-state index in [0.717, 1.165) is 11.1 Å². The molecule has 2 aromatic carbocycles. The van der Waals surface area contributed by atoms with Gasteiger partial charge in [-0.1, -0.05) is 23.8 Å². The van der Waals surface area contributed by atoms with Crippen LogP contribution >= 0.6 is 0 Å². The van der Waals surface area contributed by atoms with Gasteiger partial charge >= 0.3 is 5.97 Å². The third-order valence-corrected chi connectivity index (χ3v) is 4.03. The Kier molecular flexibility index (Phi) is 6.28. The van der Waals surface area contributed by atoms with Gasteiger partial charge in [-0.2, -0.15) is 0 Å². The number of carbonyl (C=O) groups is 1. The maximum Gasteiger partial charge on any atom is 0.311 e. The van der Waals surface area contributed by atoms with E-state index in [1.165, 1.54) is 0 Å². The highest BCUT2D eigenvalue weighted by atomic mass is 16.5. The predicted octanol–water partition coefficient (Wildman–Crippen LogP) is 3.82. The number of ether oxygens (including phenoxy) is 3. The molecule has 5 heteroatoms. The van der Waals surface area contributed by atoms with Crippen LogP contribution in [0.15, 0.2) is 36.4 Å². The van der Waals surface area contributed by atoms with E-state index in [0.29, 0.717) is 35.8 Å². The SMILES string of the molecule is CCOc1cc(CC(C(=O)O)c2cc(C)ccc2OC)ccc1OC. The van der Waals surface area contributed by atoms with Gasteiger partial charge < -0.3 is 19.3 Å². The van der Waals surface area contributed by atoms with E-state index in [2.05, 4.69) is 0 Å². The van der Waals surface area contributed by atoms with Gasteiger partial charge in [0.2, 0.25) is 0 Å². The highest BCUT2D eigenvalue weighted by Gasteiger charge is 2.24. The number of aliphatic carboxylic acids is 1. The number of aryl methyl sites for hydroxylation is 1. The fourth-order valence-corrected chi connectivity index (χ4v) is 2.81. The summed E-state index contributed by atoms with van der Waals surface area (Å²) in [5.74, 6) is 0.223. The molecule has 5 nitrogen and oxygen atoms in total. The maximum atomic E-state index is 11.9. The number of benzene rings is 2. The summed E-state index contributed by atoms with van der Waals surface area (Å²) in [5, 5.41) is 9.76. The molecule has 0 radical (unpaired) electrons. The lowest BCUT2D eigenvalue weighted by atomic mass is 9.90. The third-order valence-electron chi connectivity index (χ3n) is 4.03. The largest absolute Gasteiger partial charge is 0.496 e. The summed E-state index contributed by atoms with van der Waals surface area (Å²) in [4.78, 5) is 11.9. The summed E-state index contributed by atoms with van der Waals surface area (Å²) in [6, 6.07) is 11.1. The van der Waals surface area contributed by atoms with Crippen molar-refractivity contribution in [1.82, 2.24) is 0 Å². The fourth-order valence-electron chi connectivity index (χ4n) is 2.81. The summed E-state index contributed by atoms with van der Waals surface area (Å²) in [6.07, 6.45) is 0.333. The van der Waals surface area contributed by atoms with Crippen LogP contribution in [0, 0.1) is 6.92 Å². The van der Waals surface area contributed by atoms with Crippen molar-refractivity contribution < 1.29 is 24.1 Å². The Bertz CT molecular complexity index is 739. The Balaban J connectivity index is 2.39. The molecule has 1 unspecified atom stereocenters. The standard InChI is InChI=1S/C20H24O5/c1-5-25-19-12-14(7-9-18(19)24-4)11-16(20(21)22)15-10-13(2)6-8-17(15)23-3/h6-10,12,16H,5,11H2,1-4H3,(H,21,22). The molecule has 1 N–H and O–H groups in total. The van der Waals surface area contributed by atoms with Gasteiger partial charge in [-0.3, -0.25) is 4.79 Å². The third kappa shape index (κ3) is 4.44. The molecule has 134 valence electrons. The summed E-state index contributed by atoms with van der Waals surface area (Å²) in [6.45, 7) is 4.33. The quantitative estimate of drug-likeness (QED) is 0.788. The van der Waals surface area contributed by atoms with Crippen LogP contribution in [0.1, 0.15) is 29.5 Å². The van der Waals surface area contributed by atoms with Gasteiger partial charge in [-0.15, -0.1) is 0 Å². The Hall–Kier alpha value is -2.69. The van der Waals surface area contributed by atoms with Crippen LogP contribution in [0.3, 0.4) is 0 Å². The van der Waals surface area contributed by atoms with Crippen LogP contribution in [-0.2, 0) is 11.2 Å². The van der Waals surface area contributed by atoms with Crippen LogP contribution in [0.4, 0.5) is 0 Å². The Morgan fingerprint density at radius 3 is 2.32 bits per heavy atom. The first-order chi connectivity index (χ1) is 12.0. The predicted molar refractivity (Wildman–Crippen MR) is 96.0 cm³/mol. The average molecular weight is 344 g/mol. The first-order valence-electron chi connectivity index (χ1n) is 8.17. The molecule has 0 aliphatic carbocycles. The Morgan fingerprint density at radius 2 is 1.72 bits per heavy atom. The molecule has 0 spiro atoms. The lowest BCUT2D eigenvalue weighted by Crippen LogP contribution is -2.16. The van der Waals surface area contributed by atoms with E-state index in [4.69, 9.17) is 14.2 Å². The first kappa shape index (κ1) is 18.6. The summed E-state index contributed by atoms with van der Waals surface area (Å²) in [7, 11) is 3.13. The Labute approximate surface area is 148 Å². The van der Waals surface area contributed by atoms with E-state index in [-0.39, 0.29) is 0 Å². The van der Waals surface area contributed by atoms with Crippen molar-refractivity contribution in [1.29, 1.82) is 0 Å². The van der Waals surface area contributed by atoms with Crippen LogP contribution in [0.2, 0.25) is 0 Å². The van der Waals surface area contributed by atoms with Crippen LogP contribution in [0.5, 0.6) is 17.2 Å². The average Bonchev–Trinajstić information content (AvgIpc) is 2.60. The zero-order valence-electron chi connectivity index (χ0n) is 15.0. The highest BCUT2D eigenvalue weighted by molar-refractivity contribution is 5.78. The van der Waals surface area contributed by atoms with E-state index in [1.807, 2.05) is 38.1 Å². The molecule has 2 rings (SSSR count). The van der Waals surface area contributed by atoms with Crippen molar-refractivity contribution in [2.24, 2.45) is 0 Å². The molecular weight excluding hydrogens is 320 g/mol. The number of rotatable bonds is 8. The van der Waals surface area contributed by atoms with Crippen molar-refractivity contribution in [3.8, 4) is 17.2 Å². The van der Waals surface area contributed by atoms with Gasteiger partial charge in [0.25, 0.3) is 0 Å². The van der Waals surface area contributed by atoms with Crippen molar-refractivity contribution in [3.63, 3.8) is 0 Å². The number of hydrogen-bond donors (Lipinski definition) is 1. The summed E-state index contributed by atoms with van der Waals surface area (Å²) < 4.78 is 16.2. The monoisotopic (exact) mass is 344 g/mol. The van der Waals surface area contributed by atoms with Gasteiger partial charge in [-0.05, 0) is 44.0 Å². The summed E-state index contributed by atoms with van der Waals surface area (Å²) in [5.41, 5.74) is 2.52. The molecule has 0 saturated heterocycles. The maximum absolute atomic E-state index is 11.9. The minimum absolute atomic E-state index is 0.333. The minimum atomic E-state index is -0.891. The van der Waals surface area contributed by atoms with Crippen LogP contribution in [-0.4, -0.2) is 31.9 Å². The Morgan fingerprint density at radius 1 is 1.04 bits per heavy atom. The molecular formula is C20H24O5. The molecule has 0 aliphatic rings. The van der Waals surface area contributed by atoms with Crippen molar-refractivity contribution in [2.75, 3.05) is 20.8 Å². The second-order valence-electron chi connectivity index (χ2n) is 5.76. The molecule has 1 atom stereocenters. The minimum Gasteiger partial charge on any atom is -0.496 e. The molecule has 0 fully saturated rings. The second kappa shape index (κ2) is 8.42. The van der Waals surface area contributed by atoms with Crippen molar-refractivity contribution >= 4 is 5.97 Å². The molecule has 2 aromatic rings. The van der Waals surface area contributed by atoms with Gasteiger partial charge in [0.05, 0.1) is 26.7 Å². The van der Waals surface area contributed by atoms with E-state index in [9.17, 15) is 9.90 Å². The highest BCUT2D eigenvalue weighted by Crippen LogP contribution is 2.33. The number of carboxylic acids is 1. The fraction of sp³-hybridized carbons (Fsp3) is 0.350. The first-order valence-corrected chi connectivity index (χ1v) is 8.17. The van der Waals surface area contributed by atoms with Crippen molar-refractivity contribution in [3.05, 3.63) is 53.1 Å². The molecule has 0 saturated carbocycles. The van der Waals surface area contributed by atoms with E-state index in [1.54, 1.807) is 26.4 Å². The number of carboxylic acid groups (broad SMARTS) is 1.